The smallest absolute Gasteiger partial charge is 0.342 e. The third kappa shape index (κ3) is 4.59. The molecule has 24 heavy (non-hydrogen) atoms. The fraction of sp³-hybridized carbons (Fsp3) is 0.158. The number of hydrogen-bond acceptors (Lipinski definition) is 3. The summed E-state index contributed by atoms with van der Waals surface area (Å²) >= 11 is 0. The van der Waals surface area contributed by atoms with Crippen LogP contribution in [0, 0.1) is 11.6 Å². The molecule has 2 aromatic carbocycles. The Bertz CT molecular complexity index is 767. The standard InChI is InChI=1S/C19H16F2O3/c1-2-18(22)16(10-14-8-9-15(20)11-17(14)21)19(23)24-12-13-6-4-3-5-7-13/h3-11H,2,12H2,1H3. The van der Waals surface area contributed by atoms with Crippen molar-refractivity contribution >= 4 is 17.8 Å². The van der Waals surface area contributed by atoms with Gasteiger partial charge in [-0.1, -0.05) is 37.3 Å². The van der Waals surface area contributed by atoms with Gasteiger partial charge in [0, 0.05) is 18.1 Å². The van der Waals surface area contributed by atoms with Gasteiger partial charge in [-0.25, -0.2) is 13.6 Å². The first-order valence-electron chi connectivity index (χ1n) is 7.42. The summed E-state index contributed by atoms with van der Waals surface area (Å²) in [6, 6.07) is 11.9. The van der Waals surface area contributed by atoms with Gasteiger partial charge in [-0.2, -0.15) is 0 Å². The molecule has 0 bridgehead atoms. The van der Waals surface area contributed by atoms with Crippen LogP contribution in [0.4, 0.5) is 8.78 Å². The van der Waals surface area contributed by atoms with Gasteiger partial charge in [-0.05, 0) is 23.8 Å². The number of esters is 1. The molecule has 5 heteroatoms. The number of Topliss-reactive ketones (excluding diaryl/α,β-unsaturated/α-hetero) is 1. The molecule has 0 aliphatic carbocycles. The van der Waals surface area contributed by atoms with Gasteiger partial charge < -0.3 is 4.74 Å². The Morgan fingerprint density at radius 3 is 2.42 bits per heavy atom. The van der Waals surface area contributed by atoms with Crippen LogP contribution >= 0.6 is 0 Å². The van der Waals surface area contributed by atoms with Gasteiger partial charge in [0.2, 0.25) is 0 Å². The topological polar surface area (TPSA) is 43.4 Å². The van der Waals surface area contributed by atoms with Crippen LogP contribution in [0.5, 0.6) is 0 Å². The summed E-state index contributed by atoms with van der Waals surface area (Å²) in [5, 5.41) is 0. The predicted molar refractivity (Wildman–Crippen MR) is 85.9 cm³/mol. The molecule has 0 saturated heterocycles. The normalized spacial score (nSPS) is 11.2. The van der Waals surface area contributed by atoms with Crippen LogP contribution in [0.2, 0.25) is 0 Å². The molecule has 0 aromatic heterocycles. The first-order valence-corrected chi connectivity index (χ1v) is 7.42. The van der Waals surface area contributed by atoms with Crippen molar-refractivity contribution in [1.82, 2.24) is 0 Å². The van der Waals surface area contributed by atoms with E-state index in [9.17, 15) is 18.4 Å². The number of benzene rings is 2. The first-order chi connectivity index (χ1) is 11.5. The summed E-state index contributed by atoms with van der Waals surface area (Å²) in [5.74, 6) is -2.90. The summed E-state index contributed by atoms with van der Waals surface area (Å²) in [7, 11) is 0. The van der Waals surface area contributed by atoms with Crippen molar-refractivity contribution in [2.45, 2.75) is 20.0 Å². The Morgan fingerprint density at radius 1 is 1.08 bits per heavy atom. The average molecular weight is 330 g/mol. The summed E-state index contributed by atoms with van der Waals surface area (Å²) in [6.07, 6.45) is 1.16. The van der Waals surface area contributed by atoms with Gasteiger partial charge in [-0.3, -0.25) is 4.79 Å². The maximum atomic E-state index is 13.7. The van der Waals surface area contributed by atoms with E-state index in [2.05, 4.69) is 0 Å². The molecule has 0 fully saturated rings. The zero-order valence-corrected chi connectivity index (χ0v) is 13.1. The molecule has 0 amide bonds. The zero-order valence-electron chi connectivity index (χ0n) is 13.1. The summed E-state index contributed by atoms with van der Waals surface area (Å²) in [5.41, 5.74) is 0.450. The highest BCUT2D eigenvalue weighted by molar-refractivity contribution is 6.20. The van der Waals surface area contributed by atoms with Crippen molar-refractivity contribution in [2.24, 2.45) is 0 Å². The summed E-state index contributed by atoms with van der Waals surface area (Å²) in [4.78, 5) is 24.2. The van der Waals surface area contributed by atoms with Crippen LogP contribution in [-0.4, -0.2) is 11.8 Å². The summed E-state index contributed by atoms with van der Waals surface area (Å²) < 4.78 is 31.8. The minimum Gasteiger partial charge on any atom is -0.457 e. The van der Waals surface area contributed by atoms with E-state index in [1.54, 1.807) is 31.2 Å². The molecule has 0 radical (unpaired) electrons. The molecule has 0 heterocycles. The molecule has 0 aliphatic rings. The first kappa shape index (κ1) is 17.5. The highest BCUT2D eigenvalue weighted by Gasteiger charge is 2.19. The average Bonchev–Trinajstić information content (AvgIpc) is 2.59. The monoisotopic (exact) mass is 330 g/mol. The van der Waals surface area contributed by atoms with Crippen LogP contribution < -0.4 is 0 Å². The molecule has 0 aliphatic heterocycles. The van der Waals surface area contributed by atoms with E-state index in [1.165, 1.54) is 0 Å². The van der Waals surface area contributed by atoms with Crippen molar-refractivity contribution in [2.75, 3.05) is 0 Å². The lowest BCUT2D eigenvalue weighted by Crippen LogP contribution is -2.15. The van der Waals surface area contributed by atoms with E-state index >= 15 is 0 Å². The largest absolute Gasteiger partial charge is 0.457 e. The minimum absolute atomic E-state index is 0.0000917. The van der Waals surface area contributed by atoms with Gasteiger partial charge in [-0.15, -0.1) is 0 Å². The summed E-state index contributed by atoms with van der Waals surface area (Å²) in [6.45, 7) is 1.58. The van der Waals surface area contributed by atoms with Gasteiger partial charge in [0.25, 0.3) is 0 Å². The number of carbonyl (C=O) groups excluding carboxylic acids is 2. The van der Waals surface area contributed by atoms with E-state index in [0.29, 0.717) is 6.07 Å². The highest BCUT2D eigenvalue weighted by atomic mass is 19.1. The molecule has 2 aromatic rings. The van der Waals surface area contributed by atoms with Crippen molar-refractivity contribution in [3.63, 3.8) is 0 Å². The second kappa shape index (κ2) is 8.15. The molecule has 0 unspecified atom stereocenters. The Hall–Kier alpha value is -2.82. The van der Waals surface area contributed by atoms with Crippen molar-refractivity contribution in [3.8, 4) is 0 Å². The Labute approximate surface area is 138 Å². The highest BCUT2D eigenvalue weighted by Crippen LogP contribution is 2.16. The van der Waals surface area contributed by atoms with Crippen LogP contribution in [-0.2, 0) is 20.9 Å². The molecule has 124 valence electrons. The molecular weight excluding hydrogens is 314 g/mol. The van der Waals surface area contributed by atoms with Crippen LogP contribution in [0.3, 0.4) is 0 Å². The van der Waals surface area contributed by atoms with Crippen LogP contribution in [0.1, 0.15) is 24.5 Å². The Kier molecular flexibility index (Phi) is 5.95. The lowest BCUT2D eigenvalue weighted by atomic mass is 10.0. The third-order valence-corrected chi connectivity index (χ3v) is 3.32. The Balaban J connectivity index is 2.22. The minimum atomic E-state index is -0.854. The molecule has 0 saturated carbocycles. The zero-order chi connectivity index (χ0) is 17.5. The molecule has 0 N–H and O–H groups in total. The van der Waals surface area contributed by atoms with E-state index in [0.717, 1.165) is 23.8 Å². The number of ether oxygens (including phenoxy) is 1. The number of carbonyl (C=O) groups is 2. The van der Waals surface area contributed by atoms with Gasteiger partial charge in [0.15, 0.2) is 5.78 Å². The number of ketones is 1. The van der Waals surface area contributed by atoms with Crippen molar-refractivity contribution < 1.29 is 23.1 Å². The van der Waals surface area contributed by atoms with Crippen LogP contribution in [0.15, 0.2) is 54.1 Å². The van der Waals surface area contributed by atoms with E-state index < -0.39 is 23.4 Å². The van der Waals surface area contributed by atoms with E-state index in [-0.39, 0.29) is 24.2 Å². The Morgan fingerprint density at radius 2 is 1.79 bits per heavy atom. The quantitative estimate of drug-likeness (QED) is 0.347. The van der Waals surface area contributed by atoms with Crippen LogP contribution in [0.25, 0.3) is 6.08 Å². The fourth-order valence-corrected chi connectivity index (χ4v) is 2.02. The SMILES string of the molecule is CCC(=O)C(=Cc1ccc(F)cc1F)C(=O)OCc1ccccc1. The molecular formula is C19H16F2O3. The van der Waals surface area contributed by atoms with Crippen molar-refractivity contribution in [1.29, 1.82) is 0 Å². The molecule has 0 spiro atoms. The van der Waals surface area contributed by atoms with Gasteiger partial charge in [0.1, 0.15) is 23.8 Å². The van der Waals surface area contributed by atoms with E-state index in [1.807, 2.05) is 6.07 Å². The molecule has 2 rings (SSSR count). The predicted octanol–water partition coefficient (Wildman–Crippen LogP) is 4.07. The number of rotatable bonds is 6. The van der Waals surface area contributed by atoms with Gasteiger partial charge >= 0.3 is 5.97 Å². The number of hydrogen-bond donors (Lipinski definition) is 0. The lowest BCUT2D eigenvalue weighted by molar-refractivity contribution is -0.141. The number of halogens is 2. The second-order valence-corrected chi connectivity index (χ2v) is 5.06. The second-order valence-electron chi connectivity index (χ2n) is 5.06. The lowest BCUT2D eigenvalue weighted by Gasteiger charge is -2.08. The fourth-order valence-electron chi connectivity index (χ4n) is 2.02. The maximum absolute atomic E-state index is 13.7. The maximum Gasteiger partial charge on any atom is 0.342 e. The third-order valence-electron chi connectivity index (χ3n) is 3.32. The van der Waals surface area contributed by atoms with Crippen molar-refractivity contribution in [3.05, 3.63) is 76.9 Å². The van der Waals surface area contributed by atoms with Gasteiger partial charge in [0.05, 0.1) is 0 Å². The molecule has 0 atom stereocenters. The molecule has 3 nitrogen and oxygen atoms in total. The van der Waals surface area contributed by atoms with E-state index in [4.69, 9.17) is 4.74 Å².